The molecule has 5 heteroatoms. The third kappa shape index (κ3) is 2.81. The first-order valence-corrected chi connectivity index (χ1v) is 8.43. The van der Waals surface area contributed by atoms with Gasteiger partial charge in [0, 0.05) is 29.3 Å². The summed E-state index contributed by atoms with van der Waals surface area (Å²) in [6.07, 6.45) is 3.94. The Morgan fingerprint density at radius 3 is 2.58 bits per heavy atom. The smallest absolute Gasteiger partial charge is 0.255 e. The first-order chi connectivity index (χ1) is 11.7. The summed E-state index contributed by atoms with van der Waals surface area (Å²) in [5.74, 6) is -0.125. The number of hydrogen-bond donors (Lipinski definition) is 1. The molecule has 0 unspecified atom stereocenters. The molecule has 0 bridgehead atoms. The minimum Gasteiger partial charge on any atom is -0.324 e. The summed E-state index contributed by atoms with van der Waals surface area (Å²) < 4.78 is 3.13. The van der Waals surface area contributed by atoms with Gasteiger partial charge in [-0.15, -0.1) is 11.3 Å². The zero-order chi connectivity index (χ0) is 16.5. The highest BCUT2D eigenvalue weighted by Crippen LogP contribution is 2.24. The molecule has 0 atom stereocenters. The van der Waals surface area contributed by atoms with E-state index in [1.54, 1.807) is 11.3 Å². The molecule has 2 aromatic carbocycles. The lowest BCUT2D eigenvalue weighted by molar-refractivity contribution is 0.102. The molecule has 0 aliphatic heterocycles. The molecule has 0 aliphatic carbocycles. The summed E-state index contributed by atoms with van der Waals surface area (Å²) in [7, 11) is 0. The predicted octanol–water partition coefficient (Wildman–Crippen LogP) is 4.65. The van der Waals surface area contributed by atoms with Crippen LogP contribution in [-0.2, 0) is 0 Å². The number of hydrogen-bond acceptors (Lipinski definition) is 3. The van der Waals surface area contributed by atoms with E-state index in [1.807, 2.05) is 78.5 Å². The Morgan fingerprint density at radius 1 is 1.08 bits per heavy atom. The van der Waals surface area contributed by atoms with E-state index in [0.29, 0.717) is 5.56 Å². The maximum atomic E-state index is 12.4. The summed E-state index contributed by atoms with van der Waals surface area (Å²) in [4.78, 5) is 16.9. The van der Waals surface area contributed by atoms with E-state index in [-0.39, 0.29) is 5.91 Å². The number of aromatic nitrogens is 2. The fraction of sp³-hybridized carbons (Fsp3) is 0.0526. The van der Waals surface area contributed by atoms with Gasteiger partial charge in [0.2, 0.25) is 0 Å². The molecule has 4 nitrogen and oxygen atoms in total. The fourth-order valence-corrected chi connectivity index (χ4v) is 3.42. The van der Waals surface area contributed by atoms with Crippen LogP contribution < -0.4 is 5.32 Å². The van der Waals surface area contributed by atoms with E-state index in [9.17, 15) is 4.79 Å². The van der Waals surface area contributed by atoms with Crippen LogP contribution in [0.2, 0.25) is 0 Å². The summed E-state index contributed by atoms with van der Waals surface area (Å²) in [6.45, 7) is 1.98. The molecule has 0 radical (unpaired) electrons. The van der Waals surface area contributed by atoms with Crippen molar-refractivity contribution in [3.8, 4) is 5.69 Å². The van der Waals surface area contributed by atoms with Gasteiger partial charge < -0.3 is 9.88 Å². The van der Waals surface area contributed by atoms with Gasteiger partial charge in [0.25, 0.3) is 5.91 Å². The maximum Gasteiger partial charge on any atom is 0.255 e. The van der Waals surface area contributed by atoms with Gasteiger partial charge in [-0.2, -0.15) is 0 Å². The van der Waals surface area contributed by atoms with Crippen molar-refractivity contribution in [3.05, 3.63) is 77.6 Å². The number of nitrogens with zero attached hydrogens (tertiary/aromatic N) is 2. The van der Waals surface area contributed by atoms with E-state index >= 15 is 0 Å². The van der Waals surface area contributed by atoms with Gasteiger partial charge in [0.05, 0.1) is 15.2 Å². The van der Waals surface area contributed by atoms with Crippen LogP contribution in [0.5, 0.6) is 0 Å². The van der Waals surface area contributed by atoms with E-state index in [2.05, 4.69) is 10.3 Å². The number of rotatable bonds is 3. The van der Waals surface area contributed by atoms with Crippen molar-refractivity contribution in [3.63, 3.8) is 0 Å². The third-order valence-corrected chi connectivity index (χ3v) is 4.74. The van der Waals surface area contributed by atoms with Gasteiger partial charge in [-0.25, -0.2) is 4.98 Å². The Balaban J connectivity index is 1.54. The normalized spacial score (nSPS) is 10.9. The Hall–Kier alpha value is -2.92. The van der Waals surface area contributed by atoms with Crippen LogP contribution in [0.3, 0.4) is 0 Å². The largest absolute Gasteiger partial charge is 0.324 e. The lowest BCUT2D eigenvalue weighted by atomic mass is 10.2. The first-order valence-electron chi connectivity index (χ1n) is 7.61. The van der Waals surface area contributed by atoms with Crippen LogP contribution >= 0.6 is 11.3 Å². The van der Waals surface area contributed by atoms with Crippen LogP contribution in [0.15, 0.2) is 67.0 Å². The van der Waals surface area contributed by atoms with Gasteiger partial charge in [0.1, 0.15) is 0 Å². The average Bonchev–Trinajstić information content (AvgIpc) is 3.23. The molecular weight excluding hydrogens is 318 g/mol. The summed E-state index contributed by atoms with van der Waals surface area (Å²) in [6, 6.07) is 17.3. The Labute approximate surface area is 143 Å². The number of fused-ring (bicyclic) bond motifs is 1. The first kappa shape index (κ1) is 14.7. The number of benzene rings is 2. The van der Waals surface area contributed by atoms with Crippen LogP contribution in [0, 0.1) is 6.92 Å². The van der Waals surface area contributed by atoms with Crippen molar-refractivity contribution in [2.75, 3.05) is 5.32 Å². The monoisotopic (exact) mass is 333 g/mol. The third-order valence-electron chi connectivity index (χ3n) is 3.78. The number of amides is 1. The second-order valence-electron chi connectivity index (χ2n) is 5.51. The molecular formula is C19H15N3OS. The van der Waals surface area contributed by atoms with E-state index < -0.39 is 0 Å². The van der Waals surface area contributed by atoms with Crippen LogP contribution in [0.4, 0.5) is 5.69 Å². The van der Waals surface area contributed by atoms with Crippen molar-refractivity contribution in [2.24, 2.45) is 0 Å². The van der Waals surface area contributed by atoms with E-state index in [0.717, 1.165) is 26.6 Å². The molecule has 0 saturated heterocycles. The molecule has 1 N–H and O–H groups in total. The predicted molar refractivity (Wildman–Crippen MR) is 98.1 cm³/mol. The summed E-state index contributed by atoms with van der Waals surface area (Å²) >= 11 is 1.65. The topological polar surface area (TPSA) is 46.9 Å². The molecule has 4 aromatic rings. The highest BCUT2D eigenvalue weighted by atomic mass is 32.1. The number of anilines is 1. The van der Waals surface area contributed by atoms with Gasteiger partial charge in [-0.1, -0.05) is 0 Å². The Morgan fingerprint density at radius 2 is 1.83 bits per heavy atom. The summed E-state index contributed by atoms with van der Waals surface area (Å²) in [5.41, 5.74) is 3.32. The van der Waals surface area contributed by atoms with Crippen molar-refractivity contribution in [1.82, 2.24) is 9.55 Å². The van der Waals surface area contributed by atoms with E-state index in [4.69, 9.17) is 0 Å². The molecule has 118 valence electrons. The van der Waals surface area contributed by atoms with Crippen LogP contribution in [0.1, 0.15) is 15.4 Å². The zero-order valence-electron chi connectivity index (χ0n) is 13.1. The van der Waals surface area contributed by atoms with Gasteiger partial charge in [-0.05, 0) is 61.5 Å². The average molecular weight is 333 g/mol. The molecule has 2 heterocycles. The second-order valence-corrected chi connectivity index (χ2v) is 6.74. The molecule has 0 saturated carbocycles. The minimum absolute atomic E-state index is 0.125. The molecule has 0 aliphatic rings. The van der Waals surface area contributed by atoms with Crippen molar-refractivity contribution < 1.29 is 4.79 Å². The second kappa shape index (κ2) is 5.94. The van der Waals surface area contributed by atoms with Crippen molar-refractivity contribution in [1.29, 1.82) is 0 Å². The maximum absolute atomic E-state index is 12.4. The number of carbonyl (C=O) groups excluding carboxylic acids is 1. The molecule has 2 aromatic heterocycles. The number of aryl methyl sites for hydroxylation is 1. The lowest BCUT2D eigenvalue weighted by Gasteiger charge is -2.07. The van der Waals surface area contributed by atoms with Crippen LogP contribution in [0.25, 0.3) is 15.9 Å². The quantitative estimate of drug-likeness (QED) is 0.593. The standard InChI is InChI=1S/C19H15N3OS/c1-13-20-17-12-15(6-9-18(17)24-13)21-19(23)14-4-7-16(8-5-14)22-10-2-3-11-22/h2-12H,1H3,(H,21,23). The van der Waals surface area contributed by atoms with Gasteiger partial charge >= 0.3 is 0 Å². The number of nitrogens with one attached hydrogen (secondary N) is 1. The molecule has 4 rings (SSSR count). The van der Waals surface area contributed by atoms with E-state index in [1.165, 1.54) is 0 Å². The number of carbonyl (C=O) groups is 1. The zero-order valence-corrected chi connectivity index (χ0v) is 13.9. The highest BCUT2D eigenvalue weighted by Gasteiger charge is 2.08. The van der Waals surface area contributed by atoms with Crippen molar-refractivity contribution in [2.45, 2.75) is 6.92 Å². The van der Waals surface area contributed by atoms with Crippen LogP contribution in [-0.4, -0.2) is 15.5 Å². The Bertz CT molecular complexity index is 1000. The molecule has 0 spiro atoms. The molecule has 24 heavy (non-hydrogen) atoms. The number of thiazole rings is 1. The van der Waals surface area contributed by atoms with Gasteiger partial charge in [0.15, 0.2) is 0 Å². The minimum atomic E-state index is -0.125. The van der Waals surface area contributed by atoms with Crippen molar-refractivity contribution >= 4 is 33.1 Å². The molecule has 0 fully saturated rings. The summed E-state index contributed by atoms with van der Waals surface area (Å²) in [5, 5.41) is 3.96. The Kier molecular flexibility index (Phi) is 3.63. The van der Waals surface area contributed by atoms with Gasteiger partial charge in [-0.3, -0.25) is 4.79 Å². The SMILES string of the molecule is Cc1nc2cc(NC(=O)c3ccc(-n4cccc4)cc3)ccc2s1. The highest BCUT2D eigenvalue weighted by molar-refractivity contribution is 7.18. The lowest BCUT2D eigenvalue weighted by Crippen LogP contribution is -2.11. The molecule has 1 amide bonds. The fourth-order valence-electron chi connectivity index (χ4n) is 2.62.